The first-order valence-corrected chi connectivity index (χ1v) is 23.5. The van der Waals surface area contributed by atoms with Crippen molar-refractivity contribution in [2.75, 3.05) is 25.2 Å². The number of rotatable bonds is 16. The minimum absolute atomic E-state index is 0.0228. The van der Waals surface area contributed by atoms with Crippen LogP contribution in [0.3, 0.4) is 0 Å². The molecule has 0 spiro atoms. The molecule has 1 amide bonds. The number of cyclic esters (lactones) is 1. The standard InChI is InChI=1S/C46H69NO11Si/c1-30(31(2)48)19-24-36(52-29-32-20-22-35(51-13)23-21-32)40-37(54-45(9,10)56-40)18-16-17-33-27-34(28-38-39(33)41(49)57-46(11,12)55-38)47(42(50)58-43(3,4)5)25-26-53-59(14,15)44(6,7)8/h16-17,19-24,27-28,30-31,36-37,40,48H,18,25-26,29H2,1-15H3/b17-16+,24-19-/t30-,31+,36-,37+,40-/m1/s1. The lowest BCUT2D eigenvalue weighted by atomic mass is 9.99. The highest BCUT2D eigenvalue weighted by molar-refractivity contribution is 6.74. The zero-order chi connectivity index (χ0) is 44.1. The molecular weight excluding hydrogens is 771 g/mol. The Morgan fingerprint density at radius 3 is 2.22 bits per heavy atom. The summed E-state index contributed by atoms with van der Waals surface area (Å²) in [5.74, 6) is -1.79. The van der Waals surface area contributed by atoms with E-state index in [4.69, 9.17) is 37.6 Å². The fourth-order valence-corrected chi connectivity index (χ4v) is 7.33. The molecule has 4 rings (SSSR count). The van der Waals surface area contributed by atoms with Gasteiger partial charge in [-0.1, -0.05) is 64.1 Å². The highest BCUT2D eigenvalue weighted by Crippen LogP contribution is 2.40. The Bertz CT molecular complexity index is 1800. The second kappa shape index (κ2) is 18.9. The molecule has 2 aromatic carbocycles. The molecule has 2 aliphatic rings. The maximum atomic E-state index is 13.9. The Kier molecular flexibility index (Phi) is 15.4. The van der Waals surface area contributed by atoms with E-state index in [1.807, 2.05) is 90.1 Å². The zero-order valence-corrected chi connectivity index (χ0v) is 39.0. The lowest BCUT2D eigenvalue weighted by molar-refractivity contribution is -0.156. The number of methoxy groups -OCH3 is 1. The van der Waals surface area contributed by atoms with Gasteiger partial charge in [-0.3, -0.25) is 4.90 Å². The number of aliphatic hydroxyl groups excluding tert-OH is 1. The molecule has 1 saturated heterocycles. The van der Waals surface area contributed by atoms with E-state index in [0.717, 1.165) is 11.3 Å². The van der Waals surface area contributed by atoms with Crippen LogP contribution in [0, 0.1) is 5.92 Å². The average Bonchev–Trinajstić information content (AvgIpc) is 3.41. The van der Waals surface area contributed by atoms with Crippen molar-refractivity contribution in [3.8, 4) is 11.5 Å². The van der Waals surface area contributed by atoms with Gasteiger partial charge in [0.05, 0.1) is 44.8 Å². The van der Waals surface area contributed by atoms with E-state index in [-0.39, 0.29) is 35.4 Å². The van der Waals surface area contributed by atoms with Gasteiger partial charge < -0.3 is 42.7 Å². The second-order valence-corrected chi connectivity index (χ2v) is 23.7. The first-order chi connectivity index (χ1) is 27.2. The summed E-state index contributed by atoms with van der Waals surface area (Å²) >= 11 is 0. The van der Waals surface area contributed by atoms with Gasteiger partial charge in [-0.2, -0.15) is 0 Å². The van der Waals surface area contributed by atoms with Crippen LogP contribution >= 0.6 is 0 Å². The predicted molar refractivity (Wildman–Crippen MR) is 232 cm³/mol. The minimum atomic E-state index is -2.14. The maximum Gasteiger partial charge on any atom is 0.414 e. The van der Waals surface area contributed by atoms with Crippen molar-refractivity contribution in [2.24, 2.45) is 5.92 Å². The number of carbonyl (C=O) groups is 2. The van der Waals surface area contributed by atoms with E-state index < -0.39 is 62.0 Å². The number of carbonyl (C=O) groups excluding carboxylic acids is 2. The monoisotopic (exact) mass is 839 g/mol. The van der Waals surface area contributed by atoms with Crippen LogP contribution < -0.4 is 14.4 Å². The van der Waals surface area contributed by atoms with Gasteiger partial charge in [0.1, 0.15) is 34.9 Å². The lowest BCUT2D eigenvalue weighted by Crippen LogP contribution is -2.44. The Hall–Kier alpha value is -3.72. The molecule has 2 aromatic rings. The Balaban J connectivity index is 1.70. The number of hydrogen-bond acceptors (Lipinski definition) is 11. The predicted octanol–water partition coefficient (Wildman–Crippen LogP) is 9.83. The molecule has 13 heteroatoms. The van der Waals surface area contributed by atoms with E-state index >= 15 is 0 Å². The van der Waals surface area contributed by atoms with Crippen LogP contribution in [0.1, 0.15) is 111 Å². The van der Waals surface area contributed by atoms with Crippen LogP contribution in [-0.4, -0.2) is 87.3 Å². The molecule has 59 heavy (non-hydrogen) atoms. The minimum Gasteiger partial charge on any atom is -0.497 e. The molecule has 1 fully saturated rings. The van der Waals surface area contributed by atoms with Gasteiger partial charge in [-0.05, 0) is 101 Å². The number of esters is 1. The number of fused-ring (bicyclic) bond motifs is 1. The molecule has 0 saturated carbocycles. The van der Waals surface area contributed by atoms with E-state index in [1.54, 1.807) is 40.0 Å². The van der Waals surface area contributed by atoms with Crippen LogP contribution in [0.5, 0.6) is 11.5 Å². The molecule has 2 aliphatic heterocycles. The first kappa shape index (κ1) is 47.9. The number of benzene rings is 2. The zero-order valence-electron chi connectivity index (χ0n) is 38.0. The molecular formula is C46H69NO11Si. The third-order valence-electron chi connectivity index (χ3n) is 10.7. The van der Waals surface area contributed by atoms with Crippen LogP contribution in [0.25, 0.3) is 6.08 Å². The number of anilines is 1. The number of amides is 1. The molecule has 0 aliphatic carbocycles. The summed E-state index contributed by atoms with van der Waals surface area (Å²) in [6, 6.07) is 11.1. The second-order valence-electron chi connectivity index (χ2n) is 18.9. The highest BCUT2D eigenvalue weighted by Gasteiger charge is 2.45. The Labute approximate surface area is 353 Å². The van der Waals surface area contributed by atoms with Crippen molar-refractivity contribution < 1.29 is 52.3 Å². The molecule has 0 aromatic heterocycles. The van der Waals surface area contributed by atoms with Crippen molar-refractivity contribution in [3.63, 3.8) is 0 Å². The molecule has 0 radical (unpaired) electrons. The maximum absolute atomic E-state index is 13.9. The van der Waals surface area contributed by atoms with Gasteiger partial charge >= 0.3 is 12.1 Å². The third kappa shape index (κ3) is 13.4. The summed E-state index contributed by atoms with van der Waals surface area (Å²) in [6.07, 6.45) is 5.36. The summed E-state index contributed by atoms with van der Waals surface area (Å²) in [5, 5.41) is 10.2. The van der Waals surface area contributed by atoms with Gasteiger partial charge in [-0.25, -0.2) is 9.59 Å². The number of aliphatic hydroxyl groups is 1. The van der Waals surface area contributed by atoms with Crippen molar-refractivity contribution >= 4 is 32.1 Å². The lowest BCUT2D eigenvalue weighted by Gasteiger charge is -2.37. The van der Waals surface area contributed by atoms with Gasteiger partial charge in [0.15, 0.2) is 14.1 Å². The number of nitrogens with zero attached hydrogens (tertiary/aromatic N) is 1. The van der Waals surface area contributed by atoms with E-state index in [1.165, 1.54) is 4.90 Å². The van der Waals surface area contributed by atoms with Gasteiger partial charge in [0.2, 0.25) is 5.79 Å². The van der Waals surface area contributed by atoms with Crippen LogP contribution in [0.4, 0.5) is 10.5 Å². The molecule has 0 unspecified atom stereocenters. The highest BCUT2D eigenvalue weighted by atomic mass is 28.4. The normalized spacial score (nSPS) is 20.8. The fourth-order valence-electron chi connectivity index (χ4n) is 6.29. The summed E-state index contributed by atoms with van der Waals surface area (Å²) in [5.41, 5.74) is 1.40. The van der Waals surface area contributed by atoms with Crippen molar-refractivity contribution in [3.05, 3.63) is 71.3 Å². The third-order valence-corrected chi connectivity index (χ3v) is 15.2. The van der Waals surface area contributed by atoms with Crippen molar-refractivity contribution in [2.45, 2.75) is 156 Å². The average molecular weight is 840 g/mol. The molecule has 12 nitrogen and oxygen atoms in total. The SMILES string of the molecule is COc1ccc(CO[C@H](/C=C\[C@@H](C)[C@H](C)O)[C@H]2OC(C)(C)O[C@H]2C/C=C/c2cc(N(CCO[Si](C)(C)C(C)(C)C)C(=O)OC(C)(C)C)cc3c2C(=O)OC(C)(C)O3)cc1. The fraction of sp³-hybridized carbons (Fsp3) is 0.609. The Morgan fingerprint density at radius 2 is 1.63 bits per heavy atom. The van der Waals surface area contributed by atoms with Crippen molar-refractivity contribution in [1.82, 2.24) is 0 Å². The smallest absolute Gasteiger partial charge is 0.414 e. The summed E-state index contributed by atoms with van der Waals surface area (Å²) < 4.78 is 49.1. The van der Waals surface area contributed by atoms with E-state index in [0.29, 0.717) is 24.3 Å². The van der Waals surface area contributed by atoms with Crippen LogP contribution in [0.15, 0.2) is 54.6 Å². The first-order valence-electron chi connectivity index (χ1n) is 20.6. The quantitative estimate of drug-likeness (QED) is 0.0985. The van der Waals surface area contributed by atoms with Crippen LogP contribution in [0.2, 0.25) is 18.1 Å². The van der Waals surface area contributed by atoms with Crippen LogP contribution in [-0.2, 0) is 34.7 Å². The number of ether oxygens (including phenoxy) is 7. The van der Waals surface area contributed by atoms with Crippen molar-refractivity contribution in [1.29, 1.82) is 0 Å². The molecule has 2 heterocycles. The summed E-state index contributed by atoms with van der Waals surface area (Å²) in [7, 11) is -0.515. The van der Waals surface area contributed by atoms with Gasteiger partial charge in [0, 0.05) is 19.9 Å². The van der Waals surface area contributed by atoms with E-state index in [2.05, 4.69) is 33.9 Å². The largest absolute Gasteiger partial charge is 0.497 e. The van der Waals surface area contributed by atoms with Gasteiger partial charge in [0.25, 0.3) is 0 Å². The number of hydrogen-bond donors (Lipinski definition) is 1. The Morgan fingerprint density at radius 1 is 0.966 bits per heavy atom. The molecule has 5 atom stereocenters. The summed E-state index contributed by atoms with van der Waals surface area (Å²) in [6.45, 7) is 27.8. The van der Waals surface area contributed by atoms with E-state index in [9.17, 15) is 14.7 Å². The van der Waals surface area contributed by atoms with Gasteiger partial charge in [-0.15, -0.1) is 0 Å². The summed E-state index contributed by atoms with van der Waals surface area (Å²) in [4.78, 5) is 29.0. The molecule has 1 N–H and O–H groups in total. The molecule has 328 valence electrons. The topological polar surface area (TPSA) is 131 Å². The molecule has 0 bridgehead atoms.